The Morgan fingerprint density at radius 2 is 1.96 bits per heavy atom. The Bertz CT molecular complexity index is 841. The van der Waals surface area contributed by atoms with Gasteiger partial charge in [-0.3, -0.25) is 4.79 Å². The highest BCUT2D eigenvalue weighted by Gasteiger charge is 2.31. The largest absolute Gasteiger partial charge is 0.487 e. The molecule has 5 heteroatoms. The Labute approximate surface area is 157 Å². The third-order valence-electron chi connectivity index (χ3n) is 4.52. The molecule has 0 unspecified atom stereocenters. The van der Waals surface area contributed by atoms with Gasteiger partial charge in [-0.15, -0.1) is 11.3 Å². The Morgan fingerprint density at radius 3 is 2.65 bits per heavy atom. The number of hydrogen-bond donors (Lipinski definition) is 0. The number of amides is 1. The van der Waals surface area contributed by atoms with Crippen molar-refractivity contribution in [1.29, 1.82) is 0 Å². The molecule has 0 saturated carbocycles. The quantitative estimate of drug-likeness (QED) is 0.663. The lowest BCUT2D eigenvalue weighted by molar-refractivity contribution is 0.0496. The summed E-state index contributed by atoms with van der Waals surface area (Å²) >= 11 is 1.78. The van der Waals surface area contributed by atoms with Crippen molar-refractivity contribution in [3.8, 4) is 5.75 Å². The van der Waals surface area contributed by atoms with E-state index in [1.165, 1.54) is 4.88 Å². The van der Waals surface area contributed by atoms with Crippen molar-refractivity contribution >= 4 is 17.2 Å². The normalized spacial score (nSPS) is 14.1. The molecular formula is C21H20N2O2S. The van der Waals surface area contributed by atoms with Gasteiger partial charge in [0, 0.05) is 18.0 Å². The maximum absolute atomic E-state index is 12.5. The molecule has 1 amide bonds. The molecular weight excluding hydrogens is 344 g/mol. The van der Waals surface area contributed by atoms with Crippen LogP contribution in [0.4, 0.5) is 0 Å². The molecule has 1 aliphatic rings. The molecule has 26 heavy (non-hydrogen) atoms. The predicted molar refractivity (Wildman–Crippen MR) is 102 cm³/mol. The molecule has 0 spiro atoms. The van der Waals surface area contributed by atoms with Gasteiger partial charge in [0.25, 0.3) is 5.91 Å². The minimum absolute atomic E-state index is 0.00189. The topological polar surface area (TPSA) is 42.4 Å². The Morgan fingerprint density at radius 1 is 1.12 bits per heavy atom. The highest BCUT2D eigenvalue weighted by molar-refractivity contribution is 7.09. The molecule has 132 valence electrons. The molecule has 0 N–H and O–H groups in total. The summed E-state index contributed by atoms with van der Waals surface area (Å²) in [6, 6.07) is 17.8. The molecule has 4 rings (SSSR count). The number of rotatable bonds is 6. The zero-order valence-corrected chi connectivity index (χ0v) is 15.2. The van der Waals surface area contributed by atoms with E-state index in [2.05, 4.69) is 22.5 Å². The van der Waals surface area contributed by atoms with Crippen molar-refractivity contribution in [3.05, 3.63) is 82.3 Å². The number of pyridine rings is 1. The molecule has 1 fully saturated rings. The average molecular weight is 364 g/mol. The Kier molecular flexibility index (Phi) is 4.97. The minimum atomic E-state index is 0.00189. The number of thiophene rings is 1. The number of aromatic nitrogens is 1. The lowest BCUT2D eigenvalue weighted by atomic mass is 9.95. The second-order valence-electron chi connectivity index (χ2n) is 6.51. The number of carbonyl (C=O) groups excluding carboxylic acids is 1. The summed E-state index contributed by atoms with van der Waals surface area (Å²) in [6.45, 7) is 2.11. The van der Waals surface area contributed by atoms with Crippen LogP contribution in [0.2, 0.25) is 0 Å². The number of ether oxygens (including phenoxy) is 1. The van der Waals surface area contributed by atoms with Crippen LogP contribution < -0.4 is 4.74 Å². The first-order valence-corrected chi connectivity index (χ1v) is 9.60. The number of carbonyl (C=O) groups is 1. The first kappa shape index (κ1) is 16.8. The van der Waals surface area contributed by atoms with Gasteiger partial charge >= 0.3 is 0 Å². The molecule has 0 bridgehead atoms. The van der Waals surface area contributed by atoms with Crippen LogP contribution in [0.5, 0.6) is 5.75 Å². The van der Waals surface area contributed by atoms with Crippen molar-refractivity contribution in [2.75, 3.05) is 13.1 Å². The van der Waals surface area contributed by atoms with Gasteiger partial charge in [0.05, 0.1) is 6.20 Å². The smallest absolute Gasteiger partial charge is 0.272 e. The van der Waals surface area contributed by atoms with E-state index in [0.717, 1.165) is 25.1 Å². The highest BCUT2D eigenvalue weighted by atomic mass is 32.1. The SMILES string of the molecule is O=C(c1ccc(OCc2ccccc2)cn1)N1CC(Cc2cccs2)C1. The van der Waals surface area contributed by atoms with Crippen LogP contribution in [0.1, 0.15) is 20.9 Å². The number of likely N-dealkylation sites (tertiary alicyclic amines) is 1. The summed E-state index contributed by atoms with van der Waals surface area (Å²) in [6.07, 6.45) is 2.68. The standard InChI is InChI=1S/C21H20N2O2S/c24-21(23-13-17(14-23)11-19-7-4-10-26-19)20-9-8-18(12-22-20)25-15-16-5-2-1-3-6-16/h1-10,12,17H,11,13-15H2. The molecule has 0 aliphatic carbocycles. The Balaban J connectivity index is 1.27. The van der Waals surface area contributed by atoms with E-state index in [1.54, 1.807) is 23.6 Å². The zero-order valence-electron chi connectivity index (χ0n) is 14.4. The van der Waals surface area contributed by atoms with Crippen LogP contribution in [0.15, 0.2) is 66.2 Å². The van der Waals surface area contributed by atoms with E-state index in [-0.39, 0.29) is 5.91 Å². The van der Waals surface area contributed by atoms with E-state index in [1.807, 2.05) is 41.3 Å². The number of benzene rings is 1. The van der Waals surface area contributed by atoms with E-state index < -0.39 is 0 Å². The second kappa shape index (κ2) is 7.70. The third-order valence-corrected chi connectivity index (χ3v) is 5.42. The Hall–Kier alpha value is -2.66. The van der Waals surface area contributed by atoms with Gasteiger partial charge in [-0.2, -0.15) is 0 Å². The first-order valence-electron chi connectivity index (χ1n) is 8.72. The van der Waals surface area contributed by atoms with Gasteiger partial charge in [0.1, 0.15) is 18.1 Å². The first-order chi connectivity index (χ1) is 12.8. The average Bonchev–Trinajstić information content (AvgIpc) is 3.17. The predicted octanol–water partition coefficient (Wildman–Crippen LogP) is 4.04. The van der Waals surface area contributed by atoms with Crippen molar-refractivity contribution < 1.29 is 9.53 Å². The lowest BCUT2D eigenvalue weighted by Gasteiger charge is -2.39. The van der Waals surface area contributed by atoms with Crippen LogP contribution in [0.25, 0.3) is 0 Å². The van der Waals surface area contributed by atoms with Crippen molar-refractivity contribution in [3.63, 3.8) is 0 Å². The molecule has 1 saturated heterocycles. The molecule has 3 aromatic rings. The molecule has 1 aliphatic heterocycles. The number of nitrogens with zero attached hydrogens (tertiary/aromatic N) is 2. The van der Waals surface area contributed by atoms with Gasteiger partial charge < -0.3 is 9.64 Å². The summed E-state index contributed by atoms with van der Waals surface area (Å²) in [4.78, 5) is 20.0. The maximum atomic E-state index is 12.5. The van der Waals surface area contributed by atoms with Gasteiger partial charge in [-0.05, 0) is 41.5 Å². The van der Waals surface area contributed by atoms with E-state index >= 15 is 0 Å². The van der Waals surface area contributed by atoms with Gasteiger partial charge in [-0.1, -0.05) is 36.4 Å². The molecule has 2 aromatic heterocycles. The molecule has 0 radical (unpaired) electrons. The summed E-state index contributed by atoms with van der Waals surface area (Å²) in [5.41, 5.74) is 1.58. The molecule has 0 atom stereocenters. The van der Waals surface area contributed by atoms with Gasteiger partial charge in [-0.25, -0.2) is 4.98 Å². The van der Waals surface area contributed by atoms with Gasteiger partial charge in [0.15, 0.2) is 0 Å². The van der Waals surface area contributed by atoms with Crippen molar-refractivity contribution in [2.45, 2.75) is 13.0 Å². The second-order valence-corrected chi connectivity index (χ2v) is 7.55. The monoisotopic (exact) mass is 364 g/mol. The highest BCUT2D eigenvalue weighted by Crippen LogP contribution is 2.24. The molecule has 1 aromatic carbocycles. The molecule has 3 heterocycles. The fourth-order valence-electron chi connectivity index (χ4n) is 3.07. The molecule has 4 nitrogen and oxygen atoms in total. The lowest BCUT2D eigenvalue weighted by Crippen LogP contribution is -2.50. The summed E-state index contributed by atoms with van der Waals surface area (Å²) in [5.74, 6) is 1.23. The third kappa shape index (κ3) is 3.94. The van der Waals surface area contributed by atoms with E-state index in [9.17, 15) is 4.79 Å². The number of hydrogen-bond acceptors (Lipinski definition) is 4. The van der Waals surface area contributed by atoms with Crippen molar-refractivity contribution in [1.82, 2.24) is 9.88 Å². The van der Waals surface area contributed by atoms with Crippen molar-refractivity contribution in [2.24, 2.45) is 5.92 Å². The zero-order chi connectivity index (χ0) is 17.8. The fraction of sp³-hybridized carbons (Fsp3) is 0.238. The van der Waals surface area contributed by atoms with Crippen LogP contribution in [0.3, 0.4) is 0 Å². The van der Waals surface area contributed by atoms with Crippen LogP contribution in [-0.4, -0.2) is 28.9 Å². The van der Waals surface area contributed by atoms with E-state index in [4.69, 9.17) is 4.74 Å². The summed E-state index contributed by atoms with van der Waals surface area (Å²) in [7, 11) is 0. The van der Waals surface area contributed by atoms with E-state index in [0.29, 0.717) is 24.0 Å². The summed E-state index contributed by atoms with van der Waals surface area (Å²) in [5, 5.41) is 2.10. The van der Waals surface area contributed by atoms with Gasteiger partial charge in [0.2, 0.25) is 0 Å². The van der Waals surface area contributed by atoms with Crippen LogP contribution in [0, 0.1) is 5.92 Å². The summed E-state index contributed by atoms with van der Waals surface area (Å²) < 4.78 is 5.72. The maximum Gasteiger partial charge on any atom is 0.272 e. The minimum Gasteiger partial charge on any atom is -0.487 e. The van der Waals surface area contributed by atoms with Crippen LogP contribution in [-0.2, 0) is 13.0 Å². The van der Waals surface area contributed by atoms with Crippen LogP contribution >= 0.6 is 11.3 Å². The fourth-order valence-corrected chi connectivity index (χ4v) is 3.89.